The number of ether oxygens (including phenoxy) is 1. The normalized spacial score (nSPS) is 10.3. The van der Waals surface area contributed by atoms with E-state index in [1.165, 1.54) is 11.3 Å². The van der Waals surface area contributed by atoms with Gasteiger partial charge in [0, 0.05) is 23.9 Å². The topological polar surface area (TPSA) is 77.2 Å². The van der Waals surface area contributed by atoms with Crippen LogP contribution in [0.2, 0.25) is 0 Å². The standard InChI is InChI=1S/C14H17N3O2S/c1-2-19-12-6-4-3-5-10(12)11-9-20-14(16-11)17-13(18)7-8-15/h3-6,9H,2,7-8,15H2,1H3,(H,16,17,18). The Labute approximate surface area is 121 Å². The maximum atomic E-state index is 11.5. The van der Waals surface area contributed by atoms with Crippen molar-refractivity contribution in [3.05, 3.63) is 29.6 Å². The minimum Gasteiger partial charge on any atom is -0.493 e. The lowest BCUT2D eigenvalue weighted by Crippen LogP contribution is -2.15. The number of hydrogen-bond acceptors (Lipinski definition) is 5. The minimum atomic E-state index is -0.119. The number of rotatable bonds is 6. The number of amides is 1. The van der Waals surface area contributed by atoms with E-state index in [-0.39, 0.29) is 5.91 Å². The third-order valence-electron chi connectivity index (χ3n) is 2.58. The molecule has 0 bridgehead atoms. The van der Waals surface area contributed by atoms with Gasteiger partial charge in [-0.25, -0.2) is 4.98 Å². The first-order valence-corrected chi connectivity index (χ1v) is 7.30. The van der Waals surface area contributed by atoms with Gasteiger partial charge in [0.1, 0.15) is 5.75 Å². The molecule has 2 rings (SSSR count). The predicted octanol–water partition coefficient (Wildman–Crippen LogP) is 2.50. The zero-order valence-corrected chi connectivity index (χ0v) is 12.1. The zero-order valence-electron chi connectivity index (χ0n) is 11.3. The van der Waals surface area contributed by atoms with Gasteiger partial charge in [-0.1, -0.05) is 12.1 Å². The molecule has 5 nitrogen and oxygen atoms in total. The smallest absolute Gasteiger partial charge is 0.227 e. The summed E-state index contributed by atoms with van der Waals surface area (Å²) in [7, 11) is 0. The molecule has 0 radical (unpaired) electrons. The minimum absolute atomic E-state index is 0.119. The van der Waals surface area contributed by atoms with Crippen molar-refractivity contribution in [1.82, 2.24) is 4.98 Å². The predicted molar refractivity (Wildman–Crippen MR) is 81.0 cm³/mol. The Balaban J connectivity index is 2.18. The molecular weight excluding hydrogens is 274 g/mol. The largest absolute Gasteiger partial charge is 0.493 e. The monoisotopic (exact) mass is 291 g/mol. The van der Waals surface area contributed by atoms with Crippen molar-refractivity contribution in [3.63, 3.8) is 0 Å². The van der Waals surface area contributed by atoms with Gasteiger partial charge in [-0.3, -0.25) is 4.79 Å². The Morgan fingerprint density at radius 3 is 3.00 bits per heavy atom. The first kappa shape index (κ1) is 14.5. The molecule has 0 aliphatic heterocycles. The summed E-state index contributed by atoms with van der Waals surface area (Å²) in [5.74, 6) is 0.673. The summed E-state index contributed by atoms with van der Waals surface area (Å²) in [5.41, 5.74) is 7.05. The Morgan fingerprint density at radius 2 is 2.25 bits per heavy atom. The highest BCUT2D eigenvalue weighted by atomic mass is 32.1. The molecular formula is C14H17N3O2S. The van der Waals surface area contributed by atoms with Crippen LogP contribution < -0.4 is 15.8 Å². The van der Waals surface area contributed by atoms with E-state index in [0.717, 1.165) is 17.0 Å². The van der Waals surface area contributed by atoms with Crippen molar-refractivity contribution in [3.8, 4) is 17.0 Å². The number of carbonyl (C=O) groups is 1. The molecule has 0 saturated heterocycles. The SMILES string of the molecule is CCOc1ccccc1-c1csc(NC(=O)CCN)n1. The highest BCUT2D eigenvalue weighted by Crippen LogP contribution is 2.32. The van der Waals surface area contributed by atoms with Gasteiger partial charge in [0.2, 0.25) is 5.91 Å². The van der Waals surface area contributed by atoms with E-state index in [0.29, 0.717) is 24.7 Å². The molecule has 1 amide bonds. The van der Waals surface area contributed by atoms with Gasteiger partial charge in [-0.05, 0) is 19.1 Å². The van der Waals surface area contributed by atoms with E-state index in [4.69, 9.17) is 10.5 Å². The molecule has 20 heavy (non-hydrogen) atoms. The van der Waals surface area contributed by atoms with Crippen LogP contribution in [0.1, 0.15) is 13.3 Å². The molecule has 106 valence electrons. The van der Waals surface area contributed by atoms with E-state index in [2.05, 4.69) is 10.3 Å². The summed E-state index contributed by atoms with van der Waals surface area (Å²) < 4.78 is 5.58. The Kier molecular flexibility index (Phi) is 5.09. The number of benzene rings is 1. The summed E-state index contributed by atoms with van der Waals surface area (Å²) in [6.07, 6.45) is 0.296. The summed E-state index contributed by atoms with van der Waals surface area (Å²) >= 11 is 1.39. The summed E-state index contributed by atoms with van der Waals surface area (Å²) in [6, 6.07) is 7.71. The highest BCUT2D eigenvalue weighted by molar-refractivity contribution is 7.14. The molecule has 0 fully saturated rings. The average Bonchev–Trinajstić information content (AvgIpc) is 2.88. The molecule has 0 aliphatic rings. The number of nitrogens with one attached hydrogen (secondary N) is 1. The number of nitrogens with two attached hydrogens (primary N) is 1. The van der Waals surface area contributed by atoms with E-state index < -0.39 is 0 Å². The number of hydrogen-bond donors (Lipinski definition) is 2. The highest BCUT2D eigenvalue weighted by Gasteiger charge is 2.11. The quantitative estimate of drug-likeness (QED) is 0.857. The number of carbonyl (C=O) groups excluding carboxylic acids is 1. The number of anilines is 1. The van der Waals surface area contributed by atoms with E-state index in [1.54, 1.807) is 0 Å². The van der Waals surface area contributed by atoms with Crippen LogP contribution in [0, 0.1) is 0 Å². The fraction of sp³-hybridized carbons (Fsp3) is 0.286. The third-order valence-corrected chi connectivity index (χ3v) is 3.34. The molecule has 6 heteroatoms. The van der Waals surface area contributed by atoms with Crippen LogP contribution in [0.5, 0.6) is 5.75 Å². The van der Waals surface area contributed by atoms with Crippen molar-refractivity contribution in [2.45, 2.75) is 13.3 Å². The first-order valence-electron chi connectivity index (χ1n) is 6.42. The van der Waals surface area contributed by atoms with Crippen LogP contribution >= 0.6 is 11.3 Å². The molecule has 1 aromatic carbocycles. The van der Waals surface area contributed by atoms with Crippen LogP contribution in [0.25, 0.3) is 11.3 Å². The number of nitrogens with zero attached hydrogens (tertiary/aromatic N) is 1. The zero-order chi connectivity index (χ0) is 14.4. The van der Waals surface area contributed by atoms with E-state index in [1.807, 2.05) is 36.6 Å². The fourth-order valence-corrected chi connectivity index (χ4v) is 2.45. The summed E-state index contributed by atoms with van der Waals surface area (Å²) in [4.78, 5) is 15.9. The second-order valence-electron chi connectivity index (χ2n) is 4.05. The maximum absolute atomic E-state index is 11.5. The van der Waals surface area contributed by atoms with Gasteiger partial charge in [0.15, 0.2) is 5.13 Å². The number of para-hydroxylation sites is 1. The fourth-order valence-electron chi connectivity index (χ4n) is 1.73. The van der Waals surface area contributed by atoms with Crippen LogP contribution in [-0.2, 0) is 4.79 Å². The summed E-state index contributed by atoms with van der Waals surface area (Å²) in [6.45, 7) is 2.87. The Morgan fingerprint density at radius 1 is 1.45 bits per heavy atom. The van der Waals surface area contributed by atoms with Crippen LogP contribution in [0.15, 0.2) is 29.6 Å². The van der Waals surface area contributed by atoms with Crippen molar-refractivity contribution >= 4 is 22.4 Å². The molecule has 0 saturated carbocycles. The van der Waals surface area contributed by atoms with Crippen molar-refractivity contribution in [2.75, 3.05) is 18.5 Å². The van der Waals surface area contributed by atoms with Crippen molar-refractivity contribution < 1.29 is 9.53 Å². The molecule has 0 atom stereocenters. The second-order valence-corrected chi connectivity index (χ2v) is 4.91. The van der Waals surface area contributed by atoms with E-state index >= 15 is 0 Å². The average molecular weight is 291 g/mol. The lowest BCUT2D eigenvalue weighted by Gasteiger charge is -2.07. The van der Waals surface area contributed by atoms with Gasteiger partial charge < -0.3 is 15.8 Å². The van der Waals surface area contributed by atoms with Crippen LogP contribution in [0.3, 0.4) is 0 Å². The molecule has 3 N–H and O–H groups in total. The molecule has 0 spiro atoms. The lowest BCUT2D eigenvalue weighted by atomic mass is 10.1. The lowest BCUT2D eigenvalue weighted by molar-refractivity contribution is -0.116. The Hall–Kier alpha value is -1.92. The molecule has 0 aliphatic carbocycles. The van der Waals surface area contributed by atoms with Crippen LogP contribution in [-0.4, -0.2) is 24.0 Å². The van der Waals surface area contributed by atoms with Gasteiger partial charge >= 0.3 is 0 Å². The molecule has 0 unspecified atom stereocenters. The molecule has 1 aromatic heterocycles. The Bertz CT molecular complexity index is 583. The van der Waals surface area contributed by atoms with Gasteiger partial charge in [-0.15, -0.1) is 11.3 Å². The van der Waals surface area contributed by atoms with E-state index in [9.17, 15) is 4.79 Å². The second kappa shape index (κ2) is 7.02. The van der Waals surface area contributed by atoms with Gasteiger partial charge in [-0.2, -0.15) is 0 Å². The number of aromatic nitrogens is 1. The maximum Gasteiger partial charge on any atom is 0.227 e. The van der Waals surface area contributed by atoms with Crippen LogP contribution in [0.4, 0.5) is 5.13 Å². The first-order chi connectivity index (χ1) is 9.74. The number of thiazole rings is 1. The van der Waals surface area contributed by atoms with Gasteiger partial charge in [0.25, 0.3) is 0 Å². The van der Waals surface area contributed by atoms with Crippen molar-refractivity contribution in [2.24, 2.45) is 5.73 Å². The summed E-state index contributed by atoms with van der Waals surface area (Å²) in [5, 5.41) is 5.20. The molecule has 2 aromatic rings. The van der Waals surface area contributed by atoms with Crippen molar-refractivity contribution in [1.29, 1.82) is 0 Å². The van der Waals surface area contributed by atoms with Gasteiger partial charge in [0.05, 0.1) is 12.3 Å². The third kappa shape index (κ3) is 3.55. The molecule has 1 heterocycles.